The second-order valence-corrected chi connectivity index (χ2v) is 4.89. The van der Waals surface area contributed by atoms with Crippen LogP contribution in [0.15, 0.2) is 22.0 Å². The topological polar surface area (TPSA) is 83.0 Å². The van der Waals surface area contributed by atoms with E-state index in [0.717, 1.165) is 0 Å². The van der Waals surface area contributed by atoms with E-state index in [2.05, 4.69) is 25.7 Å². The Morgan fingerprint density at radius 3 is 2.75 bits per heavy atom. The molecule has 6 nitrogen and oxygen atoms in total. The Bertz CT molecular complexity index is 728. The van der Waals surface area contributed by atoms with Gasteiger partial charge in [-0.2, -0.15) is 15.2 Å². The predicted octanol–water partition coefficient (Wildman–Crippen LogP) is 2.88. The van der Waals surface area contributed by atoms with Crippen molar-refractivity contribution in [2.45, 2.75) is 6.92 Å². The van der Waals surface area contributed by atoms with Crippen LogP contribution in [0.3, 0.4) is 0 Å². The molecule has 0 aliphatic carbocycles. The zero-order chi connectivity index (χ0) is 14.7. The van der Waals surface area contributed by atoms with E-state index >= 15 is 0 Å². The number of benzene rings is 1. The summed E-state index contributed by atoms with van der Waals surface area (Å²) in [7, 11) is 0. The molecule has 104 valence electrons. The molecular formula is C11H8Cl3N5O. The highest BCUT2D eigenvalue weighted by atomic mass is 35.5. The van der Waals surface area contributed by atoms with Gasteiger partial charge in [0.15, 0.2) is 5.82 Å². The Hall–Kier alpha value is -1.63. The molecule has 0 radical (unpaired) electrons. The summed E-state index contributed by atoms with van der Waals surface area (Å²) in [5, 5.41) is 10.9. The molecule has 0 amide bonds. The van der Waals surface area contributed by atoms with Crippen LogP contribution < -0.4 is 11.1 Å². The smallest absolute Gasteiger partial charge is 0.260 e. The second kappa shape index (κ2) is 6.21. The van der Waals surface area contributed by atoms with Crippen molar-refractivity contribution in [2.75, 3.05) is 5.43 Å². The van der Waals surface area contributed by atoms with Crippen LogP contribution in [0.1, 0.15) is 11.3 Å². The van der Waals surface area contributed by atoms with Crippen molar-refractivity contribution in [1.82, 2.24) is 15.2 Å². The number of nitrogens with one attached hydrogen (secondary N) is 2. The highest BCUT2D eigenvalue weighted by Gasteiger charge is 2.07. The van der Waals surface area contributed by atoms with Crippen LogP contribution in [-0.4, -0.2) is 21.4 Å². The fourth-order valence-electron chi connectivity index (χ4n) is 1.32. The monoisotopic (exact) mass is 331 g/mol. The summed E-state index contributed by atoms with van der Waals surface area (Å²) in [4.78, 5) is 14.7. The maximum Gasteiger partial charge on any atom is 0.363 e. The average Bonchev–Trinajstić information content (AvgIpc) is 2.42. The Labute approximate surface area is 128 Å². The van der Waals surface area contributed by atoms with Gasteiger partial charge in [-0.25, -0.2) is 9.89 Å². The molecule has 2 aromatic rings. The predicted molar refractivity (Wildman–Crippen MR) is 80.1 cm³/mol. The molecule has 0 atom stereocenters. The number of anilines is 1. The molecule has 1 aromatic heterocycles. The van der Waals surface area contributed by atoms with Gasteiger partial charge < -0.3 is 0 Å². The number of aromatic amines is 1. The van der Waals surface area contributed by atoms with Crippen molar-refractivity contribution in [3.05, 3.63) is 48.9 Å². The SMILES string of the molecule is Cc1n[nH]c(=O)nc1NN=Cc1c(Cl)ccc(Cl)c1Cl. The van der Waals surface area contributed by atoms with Crippen LogP contribution in [0.5, 0.6) is 0 Å². The number of H-pyrrole nitrogens is 1. The lowest BCUT2D eigenvalue weighted by atomic mass is 10.2. The lowest BCUT2D eigenvalue weighted by molar-refractivity contribution is 0.879. The molecule has 2 N–H and O–H groups in total. The Morgan fingerprint density at radius 2 is 2.00 bits per heavy atom. The molecular weight excluding hydrogens is 325 g/mol. The van der Waals surface area contributed by atoms with Crippen LogP contribution in [-0.2, 0) is 0 Å². The zero-order valence-electron chi connectivity index (χ0n) is 10.1. The van der Waals surface area contributed by atoms with Crippen molar-refractivity contribution in [3.63, 3.8) is 0 Å². The maximum absolute atomic E-state index is 11.0. The fraction of sp³-hybridized carbons (Fsp3) is 0.0909. The molecule has 1 aromatic carbocycles. The zero-order valence-corrected chi connectivity index (χ0v) is 12.4. The molecule has 0 unspecified atom stereocenters. The van der Waals surface area contributed by atoms with E-state index in [-0.39, 0.29) is 5.82 Å². The Kier molecular flexibility index (Phi) is 4.59. The Morgan fingerprint density at radius 1 is 1.30 bits per heavy atom. The van der Waals surface area contributed by atoms with Crippen molar-refractivity contribution in [3.8, 4) is 0 Å². The third-order valence-electron chi connectivity index (χ3n) is 2.32. The van der Waals surface area contributed by atoms with Gasteiger partial charge in [0, 0.05) is 5.56 Å². The van der Waals surface area contributed by atoms with Gasteiger partial charge in [-0.3, -0.25) is 5.43 Å². The minimum Gasteiger partial charge on any atom is -0.260 e. The molecule has 0 aliphatic heterocycles. The normalized spacial score (nSPS) is 11.0. The number of hydrazone groups is 1. The van der Waals surface area contributed by atoms with Crippen LogP contribution in [0.25, 0.3) is 0 Å². The van der Waals surface area contributed by atoms with E-state index in [1.54, 1.807) is 19.1 Å². The number of halogens is 3. The first kappa shape index (κ1) is 14.8. The minimum atomic E-state index is -0.577. The van der Waals surface area contributed by atoms with Gasteiger partial charge >= 0.3 is 5.69 Å². The number of hydrogen-bond acceptors (Lipinski definition) is 5. The highest BCUT2D eigenvalue weighted by Crippen LogP contribution is 2.29. The molecule has 20 heavy (non-hydrogen) atoms. The van der Waals surface area contributed by atoms with Gasteiger partial charge in [0.25, 0.3) is 0 Å². The summed E-state index contributed by atoms with van der Waals surface area (Å²) in [6.45, 7) is 1.67. The molecule has 9 heteroatoms. The van der Waals surface area contributed by atoms with Gasteiger partial charge in [0.2, 0.25) is 0 Å². The van der Waals surface area contributed by atoms with Crippen molar-refractivity contribution in [1.29, 1.82) is 0 Å². The summed E-state index contributed by atoms with van der Waals surface area (Å²) in [6.07, 6.45) is 1.39. The van der Waals surface area contributed by atoms with Crippen LogP contribution in [0, 0.1) is 6.92 Å². The van der Waals surface area contributed by atoms with Crippen molar-refractivity contribution < 1.29 is 0 Å². The van der Waals surface area contributed by atoms with Crippen molar-refractivity contribution >= 4 is 46.8 Å². The number of hydrogen-bond donors (Lipinski definition) is 2. The molecule has 0 fully saturated rings. The third kappa shape index (κ3) is 3.27. The first-order valence-electron chi connectivity index (χ1n) is 5.35. The van der Waals surface area contributed by atoms with E-state index in [9.17, 15) is 4.79 Å². The average molecular weight is 333 g/mol. The first-order valence-corrected chi connectivity index (χ1v) is 6.48. The molecule has 0 bridgehead atoms. The van der Waals surface area contributed by atoms with E-state index in [4.69, 9.17) is 34.8 Å². The molecule has 0 saturated heterocycles. The summed E-state index contributed by atoms with van der Waals surface area (Å²) < 4.78 is 0. The summed E-state index contributed by atoms with van der Waals surface area (Å²) in [5.74, 6) is 0.235. The summed E-state index contributed by atoms with van der Waals surface area (Å²) >= 11 is 17.9. The summed E-state index contributed by atoms with van der Waals surface area (Å²) in [5.41, 5.74) is 2.97. The third-order valence-corrected chi connectivity index (χ3v) is 3.47. The number of aromatic nitrogens is 3. The van der Waals surface area contributed by atoms with Crippen LogP contribution in [0.4, 0.5) is 5.82 Å². The number of rotatable bonds is 3. The van der Waals surface area contributed by atoms with Crippen LogP contribution in [0.2, 0.25) is 15.1 Å². The Balaban J connectivity index is 2.25. The lowest BCUT2D eigenvalue weighted by Gasteiger charge is -2.04. The first-order chi connectivity index (χ1) is 9.49. The van der Waals surface area contributed by atoms with Gasteiger partial charge in [-0.1, -0.05) is 34.8 Å². The molecule has 2 rings (SSSR count). The van der Waals surface area contributed by atoms with E-state index in [1.807, 2.05) is 0 Å². The van der Waals surface area contributed by atoms with E-state index in [0.29, 0.717) is 26.3 Å². The minimum absolute atomic E-state index is 0.235. The van der Waals surface area contributed by atoms with E-state index < -0.39 is 5.69 Å². The largest absolute Gasteiger partial charge is 0.363 e. The summed E-state index contributed by atoms with van der Waals surface area (Å²) in [6, 6.07) is 3.19. The molecule has 0 spiro atoms. The van der Waals surface area contributed by atoms with Crippen LogP contribution >= 0.6 is 34.8 Å². The van der Waals surface area contributed by atoms with Gasteiger partial charge in [0.05, 0.1) is 21.3 Å². The quantitative estimate of drug-likeness (QED) is 0.514. The highest BCUT2D eigenvalue weighted by molar-refractivity contribution is 6.45. The van der Waals surface area contributed by atoms with Gasteiger partial charge in [-0.05, 0) is 19.1 Å². The van der Waals surface area contributed by atoms with Gasteiger partial charge in [0.1, 0.15) is 5.69 Å². The fourth-order valence-corrected chi connectivity index (χ4v) is 1.95. The standard InChI is InChI=1S/C11H8Cl3N5O/c1-5-10(16-11(20)19-17-5)18-15-4-6-7(12)2-3-8(13)9(6)14/h2-4H,1H3,(H2,16,18,19,20). The number of nitrogens with zero attached hydrogens (tertiary/aromatic N) is 3. The maximum atomic E-state index is 11.0. The molecule has 1 heterocycles. The molecule has 0 saturated carbocycles. The second-order valence-electron chi connectivity index (χ2n) is 3.70. The molecule has 0 aliphatic rings. The van der Waals surface area contributed by atoms with Crippen molar-refractivity contribution in [2.24, 2.45) is 5.10 Å². The lowest BCUT2D eigenvalue weighted by Crippen LogP contribution is -2.15. The van der Waals surface area contributed by atoms with E-state index in [1.165, 1.54) is 6.21 Å². The van der Waals surface area contributed by atoms with Gasteiger partial charge in [-0.15, -0.1) is 0 Å². The number of aryl methyl sites for hydroxylation is 1.